The summed E-state index contributed by atoms with van der Waals surface area (Å²) in [6.45, 7) is 6.26. The highest BCUT2D eigenvalue weighted by Gasteiger charge is 2.14. The molecule has 126 valence electrons. The predicted octanol–water partition coefficient (Wildman–Crippen LogP) is 3.04. The van der Waals surface area contributed by atoms with Crippen molar-refractivity contribution < 1.29 is 0 Å². The standard InChI is InChI=1S/C18H19N7/c1-11(2)13-9-24(4)15-6-5-14(22-16(13)15)17-20-10-25(23-17)18-19-8-7-12(3)21-18/h5-11H,1-4H3. The minimum Gasteiger partial charge on any atom is -0.349 e. The fourth-order valence-corrected chi connectivity index (χ4v) is 2.86. The molecule has 0 atom stereocenters. The maximum Gasteiger partial charge on any atom is 0.252 e. The van der Waals surface area contributed by atoms with E-state index in [1.165, 1.54) is 5.56 Å². The first-order chi connectivity index (χ1) is 12.0. The van der Waals surface area contributed by atoms with E-state index in [4.69, 9.17) is 4.98 Å². The van der Waals surface area contributed by atoms with Gasteiger partial charge < -0.3 is 4.57 Å². The van der Waals surface area contributed by atoms with Crippen molar-refractivity contribution in [1.82, 2.24) is 34.3 Å². The molecule has 0 unspecified atom stereocenters. The normalized spacial score (nSPS) is 11.6. The van der Waals surface area contributed by atoms with Crippen molar-refractivity contribution >= 4 is 11.0 Å². The number of rotatable bonds is 3. The number of nitrogens with zero attached hydrogens (tertiary/aromatic N) is 7. The van der Waals surface area contributed by atoms with Crippen molar-refractivity contribution in [2.75, 3.05) is 0 Å². The molecule has 0 fully saturated rings. The largest absolute Gasteiger partial charge is 0.349 e. The Hall–Kier alpha value is -3.09. The Morgan fingerprint density at radius 3 is 2.64 bits per heavy atom. The third-order valence-electron chi connectivity index (χ3n) is 4.19. The molecule has 25 heavy (non-hydrogen) atoms. The van der Waals surface area contributed by atoms with Gasteiger partial charge in [-0.25, -0.2) is 19.9 Å². The van der Waals surface area contributed by atoms with Gasteiger partial charge in [-0.2, -0.15) is 4.68 Å². The fraction of sp³-hybridized carbons (Fsp3) is 0.278. The topological polar surface area (TPSA) is 74.3 Å². The molecule has 0 radical (unpaired) electrons. The number of hydrogen-bond acceptors (Lipinski definition) is 5. The first-order valence-corrected chi connectivity index (χ1v) is 8.21. The van der Waals surface area contributed by atoms with Crippen LogP contribution >= 0.6 is 0 Å². The zero-order valence-corrected chi connectivity index (χ0v) is 14.7. The molecule has 0 aliphatic rings. The van der Waals surface area contributed by atoms with Crippen LogP contribution < -0.4 is 0 Å². The molecule has 4 aromatic heterocycles. The second kappa shape index (κ2) is 5.77. The zero-order chi connectivity index (χ0) is 17.6. The van der Waals surface area contributed by atoms with E-state index in [0.29, 0.717) is 17.7 Å². The summed E-state index contributed by atoms with van der Waals surface area (Å²) >= 11 is 0. The van der Waals surface area contributed by atoms with Gasteiger partial charge in [-0.05, 0) is 36.6 Å². The number of aromatic nitrogens is 7. The minimum absolute atomic E-state index is 0.401. The highest BCUT2D eigenvalue weighted by Crippen LogP contribution is 2.27. The van der Waals surface area contributed by atoms with Crippen LogP contribution in [0.4, 0.5) is 0 Å². The van der Waals surface area contributed by atoms with Gasteiger partial charge in [0.2, 0.25) is 0 Å². The summed E-state index contributed by atoms with van der Waals surface area (Å²) < 4.78 is 3.68. The molecule has 7 nitrogen and oxygen atoms in total. The van der Waals surface area contributed by atoms with Gasteiger partial charge in [-0.1, -0.05) is 13.8 Å². The molecule has 0 aliphatic heterocycles. The van der Waals surface area contributed by atoms with Gasteiger partial charge >= 0.3 is 0 Å². The Morgan fingerprint density at radius 1 is 1.04 bits per heavy atom. The zero-order valence-electron chi connectivity index (χ0n) is 14.7. The Labute approximate surface area is 145 Å². The van der Waals surface area contributed by atoms with Crippen LogP contribution in [0.15, 0.2) is 36.9 Å². The number of fused-ring (bicyclic) bond motifs is 1. The Morgan fingerprint density at radius 2 is 1.88 bits per heavy atom. The Kier molecular flexibility index (Phi) is 3.56. The van der Waals surface area contributed by atoms with E-state index in [9.17, 15) is 0 Å². The van der Waals surface area contributed by atoms with Crippen LogP contribution in [0.3, 0.4) is 0 Å². The molecule has 0 spiro atoms. The summed E-state index contributed by atoms with van der Waals surface area (Å²) in [5.74, 6) is 1.46. The van der Waals surface area contributed by atoms with Crippen molar-refractivity contribution in [3.63, 3.8) is 0 Å². The maximum absolute atomic E-state index is 4.81. The summed E-state index contributed by atoms with van der Waals surface area (Å²) in [6.07, 6.45) is 5.46. The van der Waals surface area contributed by atoms with Crippen LogP contribution in [-0.4, -0.2) is 34.3 Å². The molecule has 0 aromatic carbocycles. The smallest absolute Gasteiger partial charge is 0.252 e. The average molecular weight is 333 g/mol. The van der Waals surface area contributed by atoms with E-state index in [1.807, 2.05) is 26.1 Å². The van der Waals surface area contributed by atoms with E-state index in [-0.39, 0.29) is 0 Å². The molecular weight excluding hydrogens is 314 g/mol. The monoisotopic (exact) mass is 333 g/mol. The lowest BCUT2D eigenvalue weighted by Crippen LogP contribution is -2.02. The predicted molar refractivity (Wildman–Crippen MR) is 95.5 cm³/mol. The van der Waals surface area contributed by atoms with Crippen molar-refractivity contribution in [2.24, 2.45) is 7.05 Å². The summed E-state index contributed by atoms with van der Waals surface area (Å²) in [4.78, 5) is 17.8. The first-order valence-electron chi connectivity index (χ1n) is 8.21. The van der Waals surface area contributed by atoms with Gasteiger partial charge in [-0.3, -0.25) is 0 Å². The van der Waals surface area contributed by atoms with Crippen molar-refractivity contribution in [1.29, 1.82) is 0 Å². The lowest BCUT2D eigenvalue weighted by molar-refractivity contribution is 0.801. The van der Waals surface area contributed by atoms with E-state index < -0.39 is 0 Å². The van der Waals surface area contributed by atoms with E-state index in [0.717, 1.165) is 22.4 Å². The molecule has 0 aliphatic carbocycles. The first kappa shape index (κ1) is 15.4. The lowest BCUT2D eigenvalue weighted by Gasteiger charge is -2.02. The molecule has 0 N–H and O–H groups in total. The molecular formula is C18H19N7. The van der Waals surface area contributed by atoms with Gasteiger partial charge in [0.25, 0.3) is 5.95 Å². The van der Waals surface area contributed by atoms with Gasteiger partial charge in [0.1, 0.15) is 12.0 Å². The second-order valence-electron chi connectivity index (χ2n) is 6.43. The van der Waals surface area contributed by atoms with Gasteiger partial charge in [-0.15, -0.1) is 5.10 Å². The van der Waals surface area contributed by atoms with E-state index >= 15 is 0 Å². The molecule has 0 amide bonds. The van der Waals surface area contributed by atoms with Crippen LogP contribution in [0.5, 0.6) is 0 Å². The van der Waals surface area contributed by atoms with Crippen LogP contribution in [0.2, 0.25) is 0 Å². The van der Waals surface area contributed by atoms with E-state index in [2.05, 4.69) is 50.7 Å². The van der Waals surface area contributed by atoms with Crippen LogP contribution in [0.25, 0.3) is 28.5 Å². The highest BCUT2D eigenvalue weighted by atomic mass is 15.4. The number of pyridine rings is 1. The summed E-state index contributed by atoms with van der Waals surface area (Å²) in [5, 5.41) is 4.49. The van der Waals surface area contributed by atoms with Gasteiger partial charge in [0.05, 0.1) is 11.0 Å². The average Bonchev–Trinajstić information content (AvgIpc) is 3.20. The Balaban J connectivity index is 1.79. The number of hydrogen-bond donors (Lipinski definition) is 0. The molecule has 7 heteroatoms. The molecule has 4 rings (SSSR count). The molecule has 4 aromatic rings. The molecule has 0 saturated carbocycles. The second-order valence-corrected chi connectivity index (χ2v) is 6.43. The van der Waals surface area contributed by atoms with Crippen LogP contribution in [0, 0.1) is 6.92 Å². The summed E-state index contributed by atoms with van der Waals surface area (Å²) in [5.41, 5.74) is 4.95. The maximum atomic E-state index is 4.81. The van der Waals surface area contributed by atoms with Crippen LogP contribution in [-0.2, 0) is 7.05 Å². The third-order valence-corrected chi connectivity index (χ3v) is 4.19. The third kappa shape index (κ3) is 2.67. The van der Waals surface area contributed by atoms with Gasteiger partial charge in [0.15, 0.2) is 5.82 Å². The van der Waals surface area contributed by atoms with Crippen molar-refractivity contribution in [3.8, 4) is 17.5 Å². The molecule has 0 saturated heterocycles. The molecule has 4 heterocycles. The van der Waals surface area contributed by atoms with Gasteiger partial charge in [0, 0.05) is 25.1 Å². The SMILES string of the molecule is Cc1ccnc(-n2cnc(-c3ccc4c(n3)c(C(C)C)cn4C)n2)n1. The fourth-order valence-electron chi connectivity index (χ4n) is 2.86. The minimum atomic E-state index is 0.401. The lowest BCUT2D eigenvalue weighted by atomic mass is 10.1. The van der Waals surface area contributed by atoms with E-state index in [1.54, 1.807) is 17.2 Å². The molecule has 0 bridgehead atoms. The highest BCUT2D eigenvalue weighted by molar-refractivity contribution is 5.82. The van der Waals surface area contributed by atoms with Crippen molar-refractivity contribution in [3.05, 3.63) is 48.2 Å². The number of aryl methyl sites for hydroxylation is 2. The van der Waals surface area contributed by atoms with Crippen molar-refractivity contribution in [2.45, 2.75) is 26.7 Å². The summed E-state index contributed by atoms with van der Waals surface area (Å²) in [6, 6.07) is 5.86. The van der Waals surface area contributed by atoms with Crippen LogP contribution in [0.1, 0.15) is 31.0 Å². The summed E-state index contributed by atoms with van der Waals surface area (Å²) in [7, 11) is 2.04. The quantitative estimate of drug-likeness (QED) is 0.576. The Bertz CT molecular complexity index is 1060.